The Hall–Kier alpha value is -2.68. The molecule has 2 amide bonds. The van der Waals surface area contributed by atoms with Crippen molar-refractivity contribution >= 4 is 36.6 Å². The highest BCUT2D eigenvalue weighted by Gasteiger charge is 2.45. The number of aromatic nitrogens is 4. The quantitative estimate of drug-likeness (QED) is 0.247. The summed E-state index contributed by atoms with van der Waals surface area (Å²) in [4.78, 5) is 45.1. The molecule has 0 aromatic carbocycles. The lowest BCUT2D eigenvalue weighted by Gasteiger charge is -2.17. The Balaban J connectivity index is 1.44. The van der Waals surface area contributed by atoms with Crippen molar-refractivity contribution in [1.82, 2.24) is 24.8 Å². The van der Waals surface area contributed by atoms with Crippen LogP contribution >= 0.6 is 7.60 Å². The van der Waals surface area contributed by atoms with Gasteiger partial charge in [0.05, 0.1) is 25.5 Å². The second kappa shape index (κ2) is 10.5. The summed E-state index contributed by atoms with van der Waals surface area (Å²) in [5, 5.41) is 35.1. The molecule has 1 aliphatic carbocycles. The maximum Gasteiger partial charge on any atom is 0.328 e. The average Bonchev–Trinajstić information content (AvgIpc) is 3.53. The number of hydrogen-bond acceptors (Lipinski definition) is 10. The van der Waals surface area contributed by atoms with Crippen LogP contribution in [0.25, 0.3) is 11.2 Å². The molecule has 35 heavy (non-hydrogen) atoms. The highest BCUT2D eigenvalue weighted by Crippen LogP contribution is 2.44. The molecule has 0 radical (unpaired) electrons. The number of hydrogen-bond donors (Lipinski definition) is 6. The number of nitrogens with one attached hydrogen (secondary N) is 2. The average molecular weight is 514 g/mol. The third kappa shape index (κ3) is 5.94. The molecular weight excluding hydrogens is 487 g/mol. The normalized spacial score (nSPS) is 26.6. The number of urea groups is 1. The lowest BCUT2D eigenvalue weighted by Crippen LogP contribution is -2.36. The van der Waals surface area contributed by atoms with E-state index < -0.39 is 63.3 Å². The molecular formula is C19H27N6O9P. The van der Waals surface area contributed by atoms with Crippen LogP contribution in [0.3, 0.4) is 0 Å². The summed E-state index contributed by atoms with van der Waals surface area (Å²) in [5.41, 5.74) is 0.441. The standard InChI is InChI=1S/C19H27N6O9P/c26-12(27)5-6-35(31,32)33-7-11-14(28)15(29)18(34-11)25-9-22-13-16(20-8-21-17(13)25)24-19(30)23-10-3-1-2-4-10/h8-11,14-15,18,28-29H,1-7H2,(H,26,27)(H,31,32)(H2,20,21,23,24,30)/t11-,14+,15+,18-/m1/s1. The van der Waals surface area contributed by atoms with Gasteiger partial charge >= 0.3 is 19.6 Å². The van der Waals surface area contributed by atoms with Gasteiger partial charge in [0.2, 0.25) is 0 Å². The van der Waals surface area contributed by atoms with Crippen LogP contribution in [0.4, 0.5) is 10.6 Å². The number of carbonyl (C=O) groups is 2. The largest absolute Gasteiger partial charge is 0.481 e. The fourth-order valence-electron chi connectivity index (χ4n) is 4.12. The van der Waals surface area contributed by atoms with E-state index in [1.165, 1.54) is 17.2 Å². The van der Waals surface area contributed by atoms with Crippen molar-refractivity contribution in [2.24, 2.45) is 0 Å². The molecule has 1 unspecified atom stereocenters. The van der Waals surface area contributed by atoms with Crippen LogP contribution in [0.1, 0.15) is 38.3 Å². The highest BCUT2D eigenvalue weighted by atomic mass is 31.2. The van der Waals surface area contributed by atoms with Gasteiger partial charge in [-0.2, -0.15) is 0 Å². The Labute approximate surface area is 199 Å². The zero-order chi connectivity index (χ0) is 25.2. The van der Waals surface area contributed by atoms with Gasteiger partial charge < -0.3 is 34.8 Å². The number of rotatable bonds is 9. The predicted molar refractivity (Wildman–Crippen MR) is 119 cm³/mol. The van der Waals surface area contributed by atoms with Gasteiger partial charge in [-0.1, -0.05) is 12.8 Å². The van der Waals surface area contributed by atoms with Crippen LogP contribution in [0.15, 0.2) is 12.7 Å². The van der Waals surface area contributed by atoms with E-state index in [-0.39, 0.29) is 23.0 Å². The molecule has 1 saturated carbocycles. The number of amides is 2. The number of carbonyl (C=O) groups excluding carboxylic acids is 1. The molecule has 2 fully saturated rings. The minimum Gasteiger partial charge on any atom is -0.481 e. The number of aliphatic hydroxyl groups is 2. The van der Waals surface area contributed by atoms with E-state index in [0.717, 1.165) is 25.7 Å². The van der Waals surface area contributed by atoms with Crippen molar-refractivity contribution < 1.29 is 43.6 Å². The Morgan fingerprint density at radius 1 is 1.20 bits per heavy atom. The van der Waals surface area contributed by atoms with Gasteiger partial charge in [0.15, 0.2) is 23.2 Å². The number of aliphatic hydroxyl groups excluding tert-OH is 2. The van der Waals surface area contributed by atoms with Crippen molar-refractivity contribution in [2.45, 2.75) is 62.7 Å². The molecule has 2 aromatic rings. The van der Waals surface area contributed by atoms with E-state index in [2.05, 4.69) is 25.6 Å². The number of carboxylic acid groups (broad SMARTS) is 1. The minimum atomic E-state index is -4.24. The van der Waals surface area contributed by atoms with Crippen LogP contribution in [0, 0.1) is 0 Å². The Morgan fingerprint density at radius 2 is 1.94 bits per heavy atom. The number of anilines is 1. The predicted octanol–water partition coefficient (Wildman–Crippen LogP) is 0.186. The summed E-state index contributed by atoms with van der Waals surface area (Å²) >= 11 is 0. The highest BCUT2D eigenvalue weighted by molar-refractivity contribution is 7.52. The van der Waals surface area contributed by atoms with Crippen molar-refractivity contribution in [3.8, 4) is 0 Å². The van der Waals surface area contributed by atoms with Gasteiger partial charge in [0.25, 0.3) is 0 Å². The van der Waals surface area contributed by atoms with Crippen LogP contribution in [0.5, 0.6) is 0 Å². The molecule has 5 atom stereocenters. The van der Waals surface area contributed by atoms with Crippen molar-refractivity contribution in [2.75, 3.05) is 18.1 Å². The van der Waals surface area contributed by atoms with Crippen LogP contribution in [0.2, 0.25) is 0 Å². The number of imidazole rings is 1. The van der Waals surface area contributed by atoms with E-state index in [4.69, 9.17) is 14.4 Å². The summed E-state index contributed by atoms with van der Waals surface area (Å²) in [5.74, 6) is -1.11. The molecule has 4 rings (SSSR count). The second-order valence-electron chi connectivity index (χ2n) is 8.47. The van der Waals surface area contributed by atoms with E-state index in [9.17, 15) is 29.3 Å². The van der Waals surface area contributed by atoms with Crippen LogP contribution < -0.4 is 10.6 Å². The van der Waals surface area contributed by atoms with Gasteiger partial charge in [-0.25, -0.2) is 19.7 Å². The van der Waals surface area contributed by atoms with Gasteiger partial charge in [0, 0.05) is 6.04 Å². The lowest BCUT2D eigenvalue weighted by molar-refractivity contribution is -0.136. The maximum atomic E-state index is 12.3. The molecule has 0 spiro atoms. The van der Waals surface area contributed by atoms with E-state index >= 15 is 0 Å². The molecule has 16 heteroatoms. The van der Waals surface area contributed by atoms with Gasteiger partial charge in [-0.05, 0) is 12.8 Å². The van der Waals surface area contributed by atoms with Crippen LogP contribution in [-0.2, 0) is 18.6 Å². The fourth-order valence-corrected chi connectivity index (χ4v) is 5.10. The topological polar surface area (TPSA) is 218 Å². The number of carboxylic acids is 1. The van der Waals surface area contributed by atoms with Crippen molar-refractivity contribution in [3.05, 3.63) is 12.7 Å². The van der Waals surface area contributed by atoms with E-state index in [0.29, 0.717) is 0 Å². The molecule has 2 aromatic heterocycles. The monoisotopic (exact) mass is 514 g/mol. The molecule has 2 aliphatic rings. The molecule has 1 aliphatic heterocycles. The lowest BCUT2D eigenvalue weighted by atomic mass is 10.1. The summed E-state index contributed by atoms with van der Waals surface area (Å²) in [6, 6.07) is -0.321. The van der Waals surface area contributed by atoms with Crippen molar-refractivity contribution in [3.63, 3.8) is 0 Å². The molecule has 3 heterocycles. The summed E-state index contributed by atoms with van der Waals surface area (Å²) in [6.07, 6.45) is -0.0178. The van der Waals surface area contributed by atoms with Gasteiger partial charge in [-0.15, -0.1) is 0 Å². The van der Waals surface area contributed by atoms with Gasteiger partial charge in [-0.3, -0.25) is 19.2 Å². The third-order valence-corrected chi connectivity index (χ3v) is 7.28. The molecule has 6 N–H and O–H groups in total. The summed E-state index contributed by atoms with van der Waals surface area (Å²) in [7, 11) is -4.24. The second-order valence-corrected chi connectivity index (χ2v) is 10.5. The number of ether oxygens (including phenoxy) is 1. The molecule has 192 valence electrons. The summed E-state index contributed by atoms with van der Waals surface area (Å²) < 4.78 is 23.9. The Morgan fingerprint density at radius 3 is 2.66 bits per heavy atom. The van der Waals surface area contributed by atoms with E-state index in [1.807, 2.05) is 0 Å². The maximum absolute atomic E-state index is 12.3. The first-order valence-corrected chi connectivity index (χ1v) is 12.9. The first-order valence-electron chi connectivity index (χ1n) is 11.1. The first kappa shape index (κ1) is 25.4. The van der Waals surface area contributed by atoms with Crippen LogP contribution in [-0.4, -0.2) is 88.9 Å². The third-order valence-electron chi connectivity index (χ3n) is 5.94. The van der Waals surface area contributed by atoms with Gasteiger partial charge in [0.1, 0.15) is 24.6 Å². The molecule has 0 bridgehead atoms. The molecule has 15 nitrogen and oxygen atoms in total. The summed E-state index contributed by atoms with van der Waals surface area (Å²) in [6.45, 7) is -0.558. The fraction of sp³-hybridized carbons (Fsp3) is 0.632. The minimum absolute atomic E-state index is 0.103. The number of nitrogens with zero attached hydrogens (tertiary/aromatic N) is 4. The zero-order valence-electron chi connectivity index (χ0n) is 18.6. The first-order chi connectivity index (χ1) is 16.6. The Kier molecular flexibility index (Phi) is 7.64. The number of aliphatic carboxylic acids is 1. The zero-order valence-corrected chi connectivity index (χ0v) is 19.5. The smallest absolute Gasteiger partial charge is 0.328 e. The number of fused-ring (bicyclic) bond motifs is 1. The van der Waals surface area contributed by atoms with E-state index in [1.54, 1.807) is 0 Å². The Bertz CT molecular complexity index is 1120. The SMILES string of the molecule is O=C(O)CCP(=O)(O)OC[C@H]1O[C@@H](n2cnc3c(NC(=O)NC4CCCC4)ncnc32)[C@@H](O)[C@H]1O. The van der Waals surface area contributed by atoms with Crippen molar-refractivity contribution in [1.29, 1.82) is 0 Å². The molecule has 1 saturated heterocycles.